The van der Waals surface area contributed by atoms with Crippen LogP contribution in [0, 0.1) is 6.92 Å². The van der Waals surface area contributed by atoms with Crippen LogP contribution in [0.5, 0.6) is 0 Å². The van der Waals surface area contributed by atoms with Gasteiger partial charge in [0.15, 0.2) is 0 Å². The molecular formula is C17H22N2O2. The molecule has 0 spiro atoms. The molecule has 2 aromatic rings. The topological polar surface area (TPSA) is 51.1 Å². The van der Waals surface area contributed by atoms with Crippen molar-refractivity contribution < 1.29 is 4.79 Å². The van der Waals surface area contributed by atoms with E-state index in [9.17, 15) is 9.59 Å². The number of aryl methyl sites for hydroxylation is 2. The number of pyridine rings is 1. The Morgan fingerprint density at radius 1 is 1.33 bits per heavy atom. The number of carbonyl (C=O) groups is 1. The van der Waals surface area contributed by atoms with Crippen molar-refractivity contribution >= 4 is 16.8 Å². The van der Waals surface area contributed by atoms with Gasteiger partial charge in [-0.1, -0.05) is 18.6 Å². The van der Waals surface area contributed by atoms with Crippen molar-refractivity contribution in [3.63, 3.8) is 0 Å². The van der Waals surface area contributed by atoms with Crippen LogP contribution in [0.25, 0.3) is 10.9 Å². The predicted octanol–water partition coefficient (Wildman–Crippen LogP) is 2.86. The average molecular weight is 286 g/mol. The number of amides is 1. The summed E-state index contributed by atoms with van der Waals surface area (Å²) in [4.78, 5) is 24.9. The number of nitrogens with one attached hydrogen (secondary N) is 1. The van der Waals surface area contributed by atoms with Crippen LogP contribution in [-0.4, -0.2) is 16.5 Å². The van der Waals surface area contributed by atoms with Gasteiger partial charge in [-0.3, -0.25) is 9.59 Å². The summed E-state index contributed by atoms with van der Waals surface area (Å²) in [6.45, 7) is 8.59. The van der Waals surface area contributed by atoms with Crippen molar-refractivity contribution in [1.82, 2.24) is 9.88 Å². The largest absolute Gasteiger partial charge is 0.349 e. The van der Waals surface area contributed by atoms with Crippen molar-refractivity contribution in [3.05, 3.63) is 45.7 Å². The van der Waals surface area contributed by atoms with E-state index in [2.05, 4.69) is 5.32 Å². The van der Waals surface area contributed by atoms with E-state index in [1.165, 1.54) is 0 Å². The Kier molecular flexibility index (Phi) is 4.46. The zero-order valence-corrected chi connectivity index (χ0v) is 13.1. The Balaban J connectivity index is 2.62. The molecule has 21 heavy (non-hydrogen) atoms. The first-order chi connectivity index (χ1) is 9.97. The summed E-state index contributed by atoms with van der Waals surface area (Å²) in [5.74, 6) is -0.292. The first kappa shape index (κ1) is 15.3. The summed E-state index contributed by atoms with van der Waals surface area (Å²) in [5, 5.41) is 3.47. The number of rotatable bonds is 4. The third-order valence-corrected chi connectivity index (χ3v) is 3.81. The summed E-state index contributed by atoms with van der Waals surface area (Å²) in [6, 6.07) is 5.82. The molecule has 0 aliphatic heterocycles. The molecule has 1 heterocycles. The predicted molar refractivity (Wildman–Crippen MR) is 85.8 cm³/mol. The van der Waals surface area contributed by atoms with Crippen LogP contribution in [0.2, 0.25) is 0 Å². The SMILES string of the molecule is CC[C@H](C)NC(=O)c1cn(CC)c2ccc(C)cc2c1=O. The van der Waals surface area contributed by atoms with Crippen molar-refractivity contribution in [2.45, 2.75) is 46.7 Å². The quantitative estimate of drug-likeness (QED) is 0.939. The van der Waals surface area contributed by atoms with E-state index in [0.717, 1.165) is 17.5 Å². The van der Waals surface area contributed by atoms with E-state index < -0.39 is 0 Å². The molecule has 4 nitrogen and oxygen atoms in total. The normalized spacial score (nSPS) is 12.4. The van der Waals surface area contributed by atoms with Crippen molar-refractivity contribution in [3.8, 4) is 0 Å². The van der Waals surface area contributed by atoms with E-state index in [1.54, 1.807) is 6.20 Å². The van der Waals surface area contributed by atoms with Crippen LogP contribution in [0.15, 0.2) is 29.2 Å². The van der Waals surface area contributed by atoms with Gasteiger partial charge in [-0.25, -0.2) is 0 Å². The average Bonchev–Trinajstić information content (AvgIpc) is 2.47. The van der Waals surface area contributed by atoms with Crippen LogP contribution < -0.4 is 10.7 Å². The molecule has 0 saturated carbocycles. The molecule has 1 N–H and O–H groups in total. The van der Waals surface area contributed by atoms with Crippen LogP contribution in [0.1, 0.15) is 43.1 Å². The van der Waals surface area contributed by atoms with Crippen molar-refractivity contribution in [2.75, 3.05) is 0 Å². The minimum atomic E-state index is -0.292. The van der Waals surface area contributed by atoms with Gasteiger partial charge in [0.25, 0.3) is 5.91 Å². The molecule has 0 saturated heterocycles. The number of nitrogens with zero attached hydrogens (tertiary/aromatic N) is 1. The lowest BCUT2D eigenvalue weighted by molar-refractivity contribution is 0.0937. The molecule has 0 fully saturated rings. The molecule has 112 valence electrons. The highest BCUT2D eigenvalue weighted by molar-refractivity contribution is 5.97. The second-order valence-corrected chi connectivity index (χ2v) is 5.46. The summed E-state index contributed by atoms with van der Waals surface area (Å²) < 4.78 is 1.95. The van der Waals surface area contributed by atoms with E-state index in [4.69, 9.17) is 0 Å². The van der Waals surface area contributed by atoms with Crippen molar-refractivity contribution in [1.29, 1.82) is 0 Å². The van der Waals surface area contributed by atoms with Gasteiger partial charge < -0.3 is 9.88 Å². The maximum Gasteiger partial charge on any atom is 0.256 e. The third-order valence-electron chi connectivity index (χ3n) is 3.81. The third kappa shape index (κ3) is 2.99. The molecule has 1 atom stereocenters. The van der Waals surface area contributed by atoms with Crippen molar-refractivity contribution in [2.24, 2.45) is 0 Å². The summed E-state index contributed by atoms with van der Waals surface area (Å²) in [5.41, 5.74) is 1.91. The molecule has 2 rings (SSSR count). The van der Waals surface area contributed by atoms with Gasteiger partial charge in [0, 0.05) is 24.2 Å². The fraction of sp³-hybridized carbons (Fsp3) is 0.412. The number of hydrogen-bond acceptors (Lipinski definition) is 2. The van der Waals surface area contributed by atoms with Gasteiger partial charge in [0.1, 0.15) is 5.56 Å². The molecule has 1 amide bonds. The van der Waals surface area contributed by atoms with Crippen LogP contribution in [0.4, 0.5) is 0 Å². The zero-order valence-electron chi connectivity index (χ0n) is 13.1. The summed E-state index contributed by atoms with van der Waals surface area (Å²) in [7, 11) is 0. The van der Waals surface area contributed by atoms with Crippen LogP contribution >= 0.6 is 0 Å². The lowest BCUT2D eigenvalue weighted by Crippen LogP contribution is -2.35. The minimum Gasteiger partial charge on any atom is -0.349 e. The Bertz CT molecular complexity index is 731. The molecular weight excluding hydrogens is 264 g/mol. The number of hydrogen-bond donors (Lipinski definition) is 1. The minimum absolute atomic E-state index is 0.0557. The number of benzene rings is 1. The van der Waals surface area contributed by atoms with Crippen LogP contribution in [-0.2, 0) is 6.54 Å². The highest BCUT2D eigenvalue weighted by Gasteiger charge is 2.16. The molecule has 1 aromatic carbocycles. The molecule has 0 radical (unpaired) electrons. The molecule has 0 unspecified atom stereocenters. The Labute approximate surface area is 124 Å². The molecule has 1 aromatic heterocycles. The van der Waals surface area contributed by atoms with E-state index >= 15 is 0 Å². The van der Waals surface area contributed by atoms with Gasteiger partial charge in [0.2, 0.25) is 5.43 Å². The molecule has 0 bridgehead atoms. The van der Waals surface area contributed by atoms with E-state index in [1.807, 2.05) is 50.5 Å². The number of carbonyl (C=O) groups excluding carboxylic acids is 1. The highest BCUT2D eigenvalue weighted by Crippen LogP contribution is 2.14. The molecule has 0 aliphatic carbocycles. The smallest absolute Gasteiger partial charge is 0.256 e. The van der Waals surface area contributed by atoms with Gasteiger partial charge in [-0.05, 0) is 39.3 Å². The van der Waals surface area contributed by atoms with E-state index in [0.29, 0.717) is 11.9 Å². The fourth-order valence-electron chi connectivity index (χ4n) is 2.34. The summed E-state index contributed by atoms with van der Waals surface area (Å²) >= 11 is 0. The standard InChI is InChI=1S/C17H22N2O2/c1-5-12(4)18-17(21)14-10-19(6-2)15-8-7-11(3)9-13(15)16(14)20/h7-10,12H,5-6H2,1-4H3,(H,18,21)/t12-/m0/s1. The van der Waals surface area contributed by atoms with E-state index in [-0.39, 0.29) is 22.9 Å². The number of fused-ring (bicyclic) bond motifs is 1. The van der Waals surface area contributed by atoms with Gasteiger partial charge >= 0.3 is 0 Å². The molecule has 0 aliphatic rings. The van der Waals surface area contributed by atoms with Gasteiger partial charge in [0.05, 0.1) is 5.52 Å². The van der Waals surface area contributed by atoms with Gasteiger partial charge in [-0.15, -0.1) is 0 Å². The fourth-order valence-corrected chi connectivity index (χ4v) is 2.34. The Hall–Kier alpha value is -2.10. The zero-order chi connectivity index (χ0) is 15.6. The highest BCUT2D eigenvalue weighted by atomic mass is 16.2. The second kappa shape index (κ2) is 6.12. The molecule has 4 heteroatoms. The monoisotopic (exact) mass is 286 g/mol. The Morgan fingerprint density at radius 2 is 2.05 bits per heavy atom. The maximum atomic E-state index is 12.6. The first-order valence-corrected chi connectivity index (χ1v) is 7.42. The second-order valence-electron chi connectivity index (χ2n) is 5.46. The Morgan fingerprint density at radius 3 is 2.67 bits per heavy atom. The lowest BCUT2D eigenvalue weighted by Gasteiger charge is -2.14. The van der Waals surface area contributed by atoms with Gasteiger partial charge in [-0.2, -0.15) is 0 Å². The summed E-state index contributed by atoms with van der Waals surface area (Å²) in [6.07, 6.45) is 2.50. The first-order valence-electron chi connectivity index (χ1n) is 7.42. The number of aromatic nitrogens is 1. The maximum absolute atomic E-state index is 12.6. The lowest BCUT2D eigenvalue weighted by atomic mass is 10.1. The van der Waals surface area contributed by atoms with Crippen LogP contribution in [0.3, 0.4) is 0 Å².